The second-order valence-corrected chi connectivity index (χ2v) is 6.07. The standard InChI is InChI=1S/C22H21N3O3/c1-2-28-20-8-6-16(7-9-20)14-21(26)24-18-4-3-5-19(15-18)25-22(27)17-10-12-23-13-11-17/h3-13,15H,2,14H2,1H3,(H,24,26)(H,25,27). The zero-order valence-corrected chi connectivity index (χ0v) is 15.5. The van der Waals surface area contributed by atoms with E-state index in [9.17, 15) is 9.59 Å². The first-order chi connectivity index (χ1) is 13.6. The fourth-order valence-electron chi connectivity index (χ4n) is 2.64. The van der Waals surface area contributed by atoms with E-state index in [0.717, 1.165) is 11.3 Å². The molecule has 3 rings (SSSR count). The third kappa shape index (κ3) is 5.41. The molecule has 0 spiro atoms. The summed E-state index contributed by atoms with van der Waals surface area (Å²) in [7, 11) is 0. The molecular formula is C22H21N3O3. The Morgan fingerprint density at radius 1 is 0.929 bits per heavy atom. The van der Waals surface area contributed by atoms with Gasteiger partial charge >= 0.3 is 0 Å². The van der Waals surface area contributed by atoms with Crippen molar-refractivity contribution in [3.8, 4) is 5.75 Å². The van der Waals surface area contributed by atoms with E-state index in [4.69, 9.17) is 4.74 Å². The van der Waals surface area contributed by atoms with Crippen molar-refractivity contribution in [2.45, 2.75) is 13.3 Å². The summed E-state index contributed by atoms with van der Waals surface area (Å²) in [4.78, 5) is 28.4. The van der Waals surface area contributed by atoms with Gasteiger partial charge in [0.1, 0.15) is 5.75 Å². The summed E-state index contributed by atoms with van der Waals surface area (Å²) in [5.74, 6) is 0.409. The summed E-state index contributed by atoms with van der Waals surface area (Å²) in [5.41, 5.74) is 2.62. The lowest BCUT2D eigenvalue weighted by Crippen LogP contribution is -2.15. The maximum absolute atomic E-state index is 12.3. The molecule has 2 amide bonds. The van der Waals surface area contributed by atoms with Gasteiger partial charge < -0.3 is 15.4 Å². The van der Waals surface area contributed by atoms with Crippen LogP contribution in [-0.2, 0) is 11.2 Å². The molecule has 0 aliphatic heterocycles. The van der Waals surface area contributed by atoms with Crippen molar-refractivity contribution < 1.29 is 14.3 Å². The minimum absolute atomic E-state index is 0.137. The summed E-state index contributed by atoms with van der Waals surface area (Å²) in [6.45, 7) is 2.53. The Bertz CT molecular complexity index is 941. The maximum Gasteiger partial charge on any atom is 0.255 e. The molecule has 2 N–H and O–H groups in total. The molecular weight excluding hydrogens is 354 g/mol. The van der Waals surface area contributed by atoms with Gasteiger partial charge in [-0.25, -0.2) is 0 Å². The third-order valence-electron chi connectivity index (χ3n) is 3.95. The van der Waals surface area contributed by atoms with Crippen LogP contribution in [0.1, 0.15) is 22.8 Å². The molecule has 28 heavy (non-hydrogen) atoms. The normalized spacial score (nSPS) is 10.2. The van der Waals surface area contributed by atoms with Gasteiger partial charge in [0, 0.05) is 29.3 Å². The number of rotatable bonds is 7. The number of amides is 2. The molecule has 6 nitrogen and oxygen atoms in total. The molecule has 3 aromatic rings. The van der Waals surface area contributed by atoms with Gasteiger partial charge in [-0.15, -0.1) is 0 Å². The Hall–Kier alpha value is -3.67. The first kappa shape index (κ1) is 19.1. The maximum atomic E-state index is 12.3. The van der Waals surface area contributed by atoms with Gasteiger partial charge in [-0.3, -0.25) is 14.6 Å². The predicted octanol–water partition coefficient (Wildman–Crippen LogP) is 3.91. The van der Waals surface area contributed by atoms with Crippen LogP contribution in [0.2, 0.25) is 0 Å². The zero-order chi connectivity index (χ0) is 19.8. The van der Waals surface area contributed by atoms with Crippen LogP contribution in [0.4, 0.5) is 11.4 Å². The quantitative estimate of drug-likeness (QED) is 0.656. The molecule has 0 aliphatic carbocycles. The Balaban J connectivity index is 1.59. The fourth-order valence-corrected chi connectivity index (χ4v) is 2.64. The van der Waals surface area contributed by atoms with Gasteiger partial charge in [0.2, 0.25) is 5.91 Å². The van der Waals surface area contributed by atoms with Crippen LogP contribution < -0.4 is 15.4 Å². The average Bonchev–Trinajstić information content (AvgIpc) is 2.70. The average molecular weight is 375 g/mol. The molecule has 6 heteroatoms. The molecule has 142 valence electrons. The Morgan fingerprint density at radius 2 is 1.61 bits per heavy atom. The second kappa shape index (κ2) is 9.32. The van der Waals surface area contributed by atoms with E-state index in [0.29, 0.717) is 23.5 Å². The van der Waals surface area contributed by atoms with Gasteiger partial charge in [0.05, 0.1) is 13.0 Å². The highest BCUT2D eigenvalue weighted by atomic mass is 16.5. The van der Waals surface area contributed by atoms with Crippen molar-refractivity contribution in [3.63, 3.8) is 0 Å². The van der Waals surface area contributed by atoms with Crippen molar-refractivity contribution in [2.24, 2.45) is 0 Å². The van der Waals surface area contributed by atoms with Gasteiger partial charge in [-0.05, 0) is 55.0 Å². The first-order valence-electron chi connectivity index (χ1n) is 8.97. The van der Waals surface area contributed by atoms with Crippen LogP contribution in [0.15, 0.2) is 73.1 Å². The zero-order valence-electron chi connectivity index (χ0n) is 15.5. The second-order valence-electron chi connectivity index (χ2n) is 6.07. The van der Waals surface area contributed by atoms with Crippen LogP contribution >= 0.6 is 0 Å². The van der Waals surface area contributed by atoms with E-state index in [1.807, 2.05) is 31.2 Å². The van der Waals surface area contributed by atoms with E-state index in [1.54, 1.807) is 48.8 Å². The van der Waals surface area contributed by atoms with Crippen LogP contribution in [0.3, 0.4) is 0 Å². The molecule has 0 saturated heterocycles. The van der Waals surface area contributed by atoms with Gasteiger partial charge in [-0.1, -0.05) is 18.2 Å². The number of nitrogens with zero attached hydrogens (tertiary/aromatic N) is 1. The third-order valence-corrected chi connectivity index (χ3v) is 3.95. The number of nitrogens with one attached hydrogen (secondary N) is 2. The minimum Gasteiger partial charge on any atom is -0.494 e. The number of hydrogen-bond acceptors (Lipinski definition) is 4. The van der Waals surface area contributed by atoms with Crippen molar-refractivity contribution in [2.75, 3.05) is 17.2 Å². The SMILES string of the molecule is CCOc1ccc(CC(=O)Nc2cccc(NC(=O)c3ccncc3)c2)cc1. The molecule has 0 aliphatic rings. The van der Waals surface area contributed by atoms with Crippen molar-refractivity contribution >= 4 is 23.2 Å². The Morgan fingerprint density at radius 3 is 2.29 bits per heavy atom. The summed E-state index contributed by atoms with van der Waals surface area (Å²) >= 11 is 0. The van der Waals surface area contributed by atoms with Crippen LogP contribution in [0.25, 0.3) is 0 Å². The molecule has 2 aromatic carbocycles. The summed E-state index contributed by atoms with van der Waals surface area (Å²) in [6.07, 6.45) is 3.37. The molecule has 0 saturated carbocycles. The van der Waals surface area contributed by atoms with Crippen molar-refractivity contribution in [3.05, 3.63) is 84.2 Å². The number of carbonyl (C=O) groups excluding carboxylic acids is 2. The van der Waals surface area contributed by atoms with Crippen molar-refractivity contribution in [1.29, 1.82) is 0 Å². The van der Waals surface area contributed by atoms with Gasteiger partial charge in [0.25, 0.3) is 5.91 Å². The van der Waals surface area contributed by atoms with Gasteiger partial charge in [0.15, 0.2) is 0 Å². The van der Waals surface area contributed by atoms with Crippen LogP contribution in [-0.4, -0.2) is 23.4 Å². The topological polar surface area (TPSA) is 80.3 Å². The monoisotopic (exact) mass is 375 g/mol. The highest BCUT2D eigenvalue weighted by Crippen LogP contribution is 2.17. The molecule has 1 aromatic heterocycles. The first-order valence-corrected chi connectivity index (χ1v) is 8.97. The summed E-state index contributed by atoms with van der Waals surface area (Å²) in [6, 6.07) is 17.7. The van der Waals surface area contributed by atoms with Crippen LogP contribution in [0.5, 0.6) is 5.75 Å². The molecule has 0 atom stereocenters. The number of ether oxygens (including phenoxy) is 1. The largest absolute Gasteiger partial charge is 0.494 e. The Labute approximate surface area is 163 Å². The fraction of sp³-hybridized carbons (Fsp3) is 0.136. The van der Waals surface area contributed by atoms with E-state index in [1.165, 1.54) is 0 Å². The highest BCUT2D eigenvalue weighted by Gasteiger charge is 2.08. The predicted molar refractivity (Wildman–Crippen MR) is 109 cm³/mol. The van der Waals surface area contributed by atoms with E-state index in [-0.39, 0.29) is 18.2 Å². The molecule has 1 heterocycles. The van der Waals surface area contributed by atoms with Crippen LogP contribution in [0, 0.1) is 0 Å². The van der Waals surface area contributed by atoms with E-state index < -0.39 is 0 Å². The Kier molecular flexibility index (Phi) is 6.36. The van der Waals surface area contributed by atoms with Gasteiger partial charge in [-0.2, -0.15) is 0 Å². The summed E-state index contributed by atoms with van der Waals surface area (Å²) < 4.78 is 5.40. The summed E-state index contributed by atoms with van der Waals surface area (Å²) in [5, 5.41) is 5.66. The number of pyridine rings is 1. The number of benzene rings is 2. The lowest BCUT2D eigenvalue weighted by atomic mass is 10.1. The molecule has 0 fully saturated rings. The molecule has 0 bridgehead atoms. The number of carbonyl (C=O) groups is 2. The lowest BCUT2D eigenvalue weighted by Gasteiger charge is -2.09. The molecule has 0 radical (unpaired) electrons. The highest BCUT2D eigenvalue weighted by molar-refractivity contribution is 6.04. The lowest BCUT2D eigenvalue weighted by molar-refractivity contribution is -0.115. The van der Waals surface area contributed by atoms with E-state index >= 15 is 0 Å². The van der Waals surface area contributed by atoms with E-state index in [2.05, 4.69) is 15.6 Å². The minimum atomic E-state index is -0.236. The number of anilines is 2. The number of hydrogen-bond donors (Lipinski definition) is 2. The smallest absolute Gasteiger partial charge is 0.255 e. The number of aromatic nitrogens is 1. The van der Waals surface area contributed by atoms with Crippen molar-refractivity contribution in [1.82, 2.24) is 4.98 Å². The molecule has 0 unspecified atom stereocenters.